The smallest absolute Gasteiger partial charge is 0.268 e. The van der Waals surface area contributed by atoms with E-state index < -0.39 is 10.0 Å². The summed E-state index contributed by atoms with van der Waals surface area (Å²) in [5, 5.41) is 25.2. The van der Waals surface area contributed by atoms with Crippen LogP contribution in [0, 0.1) is 0 Å². The Bertz CT molecular complexity index is 992. The second-order valence-electron chi connectivity index (χ2n) is 4.84. The second kappa shape index (κ2) is 4.50. The number of para-hydroxylation sites is 1. The van der Waals surface area contributed by atoms with Crippen molar-refractivity contribution in [2.45, 2.75) is 5.03 Å². The molecule has 3 N–H and O–H groups in total. The maximum atomic E-state index is 11.9. The van der Waals surface area contributed by atoms with E-state index in [9.17, 15) is 8.42 Å². The molecule has 118 valence electrons. The van der Waals surface area contributed by atoms with Crippen LogP contribution in [-0.2, 0) is 17.1 Å². The number of nitrogens with two attached hydrogens (primary N) is 1. The number of hydrogen-bond acceptors (Lipinski definition) is 8. The standard InChI is InChI=1S/C11H11N9O2S/c1-18-10(23(12,21)22)8-9(15-18)19(7-5-3-2-4-6-7)20-11(13-8)14-16-17-20/h2-6H,1H3,(H2,12,21,22)(H,13,14,17). The highest BCUT2D eigenvalue weighted by atomic mass is 32.2. The van der Waals surface area contributed by atoms with Crippen molar-refractivity contribution < 1.29 is 8.42 Å². The molecule has 0 radical (unpaired) electrons. The van der Waals surface area contributed by atoms with E-state index >= 15 is 0 Å². The molecule has 2 aromatic heterocycles. The molecule has 0 amide bonds. The molecule has 3 aromatic rings. The molecule has 0 bridgehead atoms. The van der Waals surface area contributed by atoms with Gasteiger partial charge in [0.15, 0.2) is 5.03 Å². The molecule has 23 heavy (non-hydrogen) atoms. The molecule has 3 heterocycles. The summed E-state index contributed by atoms with van der Waals surface area (Å²) in [6, 6.07) is 9.19. The normalized spacial score (nSPS) is 13.4. The summed E-state index contributed by atoms with van der Waals surface area (Å²) >= 11 is 0. The number of aryl methyl sites for hydroxylation is 1. The van der Waals surface area contributed by atoms with Gasteiger partial charge < -0.3 is 5.32 Å². The van der Waals surface area contributed by atoms with Gasteiger partial charge in [-0.15, -0.1) is 9.89 Å². The lowest BCUT2D eigenvalue weighted by Crippen LogP contribution is -2.31. The van der Waals surface area contributed by atoms with Gasteiger partial charge in [0.05, 0.1) is 5.69 Å². The van der Waals surface area contributed by atoms with Gasteiger partial charge in [-0.25, -0.2) is 18.6 Å². The highest BCUT2D eigenvalue weighted by Gasteiger charge is 2.35. The van der Waals surface area contributed by atoms with Gasteiger partial charge in [0, 0.05) is 7.05 Å². The number of nitrogens with zero attached hydrogens (tertiary/aromatic N) is 7. The molecular formula is C11H11N9O2S. The van der Waals surface area contributed by atoms with Crippen LogP contribution in [0.2, 0.25) is 0 Å². The summed E-state index contributed by atoms with van der Waals surface area (Å²) in [4.78, 5) is 1.39. The summed E-state index contributed by atoms with van der Waals surface area (Å²) in [6.07, 6.45) is 0. The second-order valence-corrected chi connectivity index (χ2v) is 6.31. The number of hydrogen-bond donors (Lipinski definition) is 2. The highest BCUT2D eigenvalue weighted by Crippen LogP contribution is 2.40. The lowest BCUT2D eigenvalue weighted by molar-refractivity contribution is 0.579. The Hall–Kier alpha value is -2.99. The molecule has 1 aliphatic heterocycles. The first-order valence-corrected chi connectivity index (χ1v) is 8.02. The van der Waals surface area contributed by atoms with Crippen molar-refractivity contribution >= 4 is 33.2 Å². The van der Waals surface area contributed by atoms with Crippen LogP contribution in [0.25, 0.3) is 0 Å². The number of anilines is 4. The number of tetrazole rings is 1. The Morgan fingerprint density at radius 3 is 2.65 bits per heavy atom. The van der Waals surface area contributed by atoms with Gasteiger partial charge in [0.1, 0.15) is 5.69 Å². The minimum Gasteiger partial charge on any atom is -0.316 e. The van der Waals surface area contributed by atoms with Gasteiger partial charge in [-0.3, -0.25) is 4.68 Å². The minimum atomic E-state index is -3.99. The van der Waals surface area contributed by atoms with Crippen molar-refractivity contribution in [2.75, 3.05) is 10.3 Å². The third-order valence-corrected chi connectivity index (χ3v) is 4.33. The van der Waals surface area contributed by atoms with Crippen LogP contribution in [0.3, 0.4) is 0 Å². The summed E-state index contributed by atoms with van der Waals surface area (Å²) in [5.41, 5.74) is 0.934. The van der Waals surface area contributed by atoms with Gasteiger partial charge in [0.2, 0.25) is 5.82 Å². The van der Waals surface area contributed by atoms with E-state index in [0.29, 0.717) is 11.5 Å². The first-order chi connectivity index (χ1) is 11.0. The van der Waals surface area contributed by atoms with Crippen LogP contribution < -0.4 is 15.5 Å². The first kappa shape index (κ1) is 13.7. The van der Waals surface area contributed by atoms with E-state index in [1.165, 1.54) is 16.5 Å². The van der Waals surface area contributed by atoms with Crippen molar-refractivity contribution in [1.29, 1.82) is 0 Å². The third kappa shape index (κ3) is 1.96. The molecule has 1 aliphatic rings. The fourth-order valence-corrected chi connectivity index (χ4v) is 3.31. The summed E-state index contributed by atoms with van der Waals surface area (Å²) in [7, 11) is -2.49. The Morgan fingerprint density at radius 1 is 1.22 bits per heavy atom. The number of benzene rings is 1. The van der Waals surface area contributed by atoms with Gasteiger partial charge in [-0.05, 0) is 22.6 Å². The number of sulfonamides is 1. The predicted molar refractivity (Wildman–Crippen MR) is 79.7 cm³/mol. The molecule has 0 fully saturated rings. The fraction of sp³-hybridized carbons (Fsp3) is 0.0909. The highest BCUT2D eigenvalue weighted by molar-refractivity contribution is 7.89. The summed E-state index contributed by atoms with van der Waals surface area (Å²) < 4.78 is 25.0. The molecule has 0 spiro atoms. The first-order valence-electron chi connectivity index (χ1n) is 6.47. The average Bonchev–Trinajstić information content (AvgIpc) is 3.07. The van der Waals surface area contributed by atoms with Gasteiger partial charge in [-0.1, -0.05) is 23.3 Å². The van der Waals surface area contributed by atoms with Crippen molar-refractivity contribution in [1.82, 2.24) is 30.1 Å². The summed E-state index contributed by atoms with van der Waals surface area (Å²) in [6.45, 7) is 0. The molecule has 1 aromatic carbocycles. The van der Waals surface area contributed by atoms with Gasteiger partial charge >= 0.3 is 0 Å². The zero-order valence-electron chi connectivity index (χ0n) is 11.8. The zero-order valence-corrected chi connectivity index (χ0v) is 12.6. The Kier molecular flexibility index (Phi) is 2.67. The third-order valence-electron chi connectivity index (χ3n) is 3.33. The lowest BCUT2D eigenvalue weighted by Gasteiger charge is -2.27. The number of rotatable bonds is 2. The molecule has 0 saturated heterocycles. The van der Waals surface area contributed by atoms with Crippen LogP contribution in [0.15, 0.2) is 35.4 Å². The monoisotopic (exact) mass is 333 g/mol. The number of aromatic nitrogens is 6. The van der Waals surface area contributed by atoms with E-state index in [1.807, 2.05) is 30.3 Å². The van der Waals surface area contributed by atoms with Crippen molar-refractivity contribution in [2.24, 2.45) is 12.2 Å². The van der Waals surface area contributed by atoms with E-state index in [1.54, 1.807) is 5.01 Å². The number of primary sulfonamides is 1. The molecule has 12 heteroatoms. The van der Waals surface area contributed by atoms with E-state index in [-0.39, 0.29) is 16.7 Å². The largest absolute Gasteiger partial charge is 0.316 e. The van der Waals surface area contributed by atoms with E-state index in [0.717, 1.165) is 0 Å². The minimum absolute atomic E-state index is 0.150. The van der Waals surface area contributed by atoms with Crippen LogP contribution >= 0.6 is 0 Å². The maximum absolute atomic E-state index is 11.9. The van der Waals surface area contributed by atoms with Crippen LogP contribution in [0.1, 0.15) is 0 Å². The SMILES string of the molecule is Cn1nc2c(c1S(N)(=O)=O)Nc1nnnn1N2c1ccccc1. The van der Waals surface area contributed by atoms with Crippen molar-refractivity contribution in [3.8, 4) is 0 Å². The number of nitrogens with one attached hydrogen (secondary N) is 1. The maximum Gasteiger partial charge on any atom is 0.268 e. The van der Waals surface area contributed by atoms with Crippen molar-refractivity contribution in [3.05, 3.63) is 30.3 Å². The molecule has 0 saturated carbocycles. The van der Waals surface area contributed by atoms with Crippen molar-refractivity contribution in [3.63, 3.8) is 0 Å². The topological polar surface area (TPSA) is 137 Å². The van der Waals surface area contributed by atoms with Crippen LogP contribution in [0.4, 0.5) is 23.1 Å². The Labute approximate surface area is 130 Å². The summed E-state index contributed by atoms with van der Waals surface area (Å²) in [5.74, 6) is 0.571. The Morgan fingerprint density at radius 2 is 1.96 bits per heavy atom. The molecule has 11 nitrogen and oxygen atoms in total. The van der Waals surface area contributed by atoms with Crippen LogP contribution in [-0.4, -0.2) is 38.5 Å². The van der Waals surface area contributed by atoms with E-state index in [2.05, 4.69) is 25.9 Å². The van der Waals surface area contributed by atoms with Gasteiger partial charge in [-0.2, -0.15) is 0 Å². The molecule has 0 unspecified atom stereocenters. The quantitative estimate of drug-likeness (QED) is 0.510. The van der Waals surface area contributed by atoms with E-state index in [4.69, 9.17) is 5.14 Å². The molecule has 0 atom stereocenters. The lowest BCUT2D eigenvalue weighted by atomic mass is 10.3. The molecule has 4 rings (SSSR count). The predicted octanol–water partition coefficient (Wildman–Crippen LogP) is -0.288. The van der Waals surface area contributed by atoms with Gasteiger partial charge in [0.25, 0.3) is 16.0 Å². The Balaban J connectivity index is 2.01. The van der Waals surface area contributed by atoms with Crippen LogP contribution in [0.5, 0.6) is 0 Å². The molecule has 0 aliphatic carbocycles. The molecular weight excluding hydrogens is 322 g/mol. The average molecular weight is 333 g/mol. The zero-order chi connectivity index (χ0) is 16.2. The fourth-order valence-electron chi connectivity index (χ4n) is 2.47. The number of fused-ring (bicyclic) bond motifs is 2.